The van der Waals surface area contributed by atoms with Crippen molar-refractivity contribution < 1.29 is 31.2 Å². The van der Waals surface area contributed by atoms with E-state index in [2.05, 4.69) is 5.32 Å². The number of nitrogens with one attached hydrogen (secondary N) is 1. The molecule has 1 unspecified atom stereocenters. The molecule has 0 aliphatic carbocycles. The number of hydrogen-bond acceptors (Lipinski definition) is 4. The molecule has 0 saturated carbocycles. The number of alkyl halides is 3. The minimum atomic E-state index is -4.70. The summed E-state index contributed by atoms with van der Waals surface area (Å²) in [6, 6.07) is 9.39. The molecular weight excluding hydrogens is 531 g/mol. The topological polar surface area (TPSA) is 86.8 Å². The van der Waals surface area contributed by atoms with Gasteiger partial charge in [0.25, 0.3) is 0 Å². The van der Waals surface area contributed by atoms with Gasteiger partial charge in [0.2, 0.25) is 21.8 Å². The molecule has 7 nitrogen and oxygen atoms in total. The first-order valence-corrected chi connectivity index (χ1v) is 14.0. The molecule has 0 saturated heterocycles. The Hall–Kier alpha value is -2.79. The zero-order valence-corrected chi connectivity index (χ0v) is 22.5. The normalized spacial score (nSPS) is 12.6. The monoisotopic (exact) mass is 561 g/mol. The van der Waals surface area contributed by atoms with Gasteiger partial charge in [0, 0.05) is 18.1 Å². The second-order valence-corrected chi connectivity index (χ2v) is 10.9. The summed E-state index contributed by atoms with van der Waals surface area (Å²) in [5.41, 5.74) is -0.717. The highest BCUT2D eigenvalue weighted by atomic mass is 35.5. The van der Waals surface area contributed by atoms with E-state index in [-0.39, 0.29) is 18.7 Å². The van der Waals surface area contributed by atoms with E-state index in [4.69, 9.17) is 11.6 Å². The number of rotatable bonds is 12. The second kappa shape index (κ2) is 13.1. The molecule has 0 radical (unpaired) electrons. The maximum Gasteiger partial charge on any atom is 0.416 e. The molecular formula is C25H31ClF3N3O4S. The number of unbranched alkanes of at least 4 members (excludes halogenated alkanes) is 1. The molecule has 12 heteroatoms. The first-order chi connectivity index (χ1) is 17.3. The van der Waals surface area contributed by atoms with Crippen LogP contribution in [0.3, 0.4) is 0 Å². The predicted molar refractivity (Wildman–Crippen MR) is 138 cm³/mol. The molecule has 2 amide bonds. The summed E-state index contributed by atoms with van der Waals surface area (Å²) in [5.74, 6) is -1.14. The second-order valence-electron chi connectivity index (χ2n) is 8.53. The lowest BCUT2D eigenvalue weighted by molar-refractivity contribution is -0.140. The summed E-state index contributed by atoms with van der Waals surface area (Å²) in [6.07, 6.45) is -2.07. The number of hydrogen-bond donors (Lipinski definition) is 1. The Bertz CT molecular complexity index is 1170. The average Bonchev–Trinajstić information content (AvgIpc) is 2.82. The summed E-state index contributed by atoms with van der Waals surface area (Å²) in [7, 11) is -4.16. The van der Waals surface area contributed by atoms with E-state index in [9.17, 15) is 31.2 Å². The van der Waals surface area contributed by atoms with Crippen molar-refractivity contribution in [1.82, 2.24) is 10.2 Å². The number of carbonyl (C=O) groups is 2. The summed E-state index contributed by atoms with van der Waals surface area (Å²) in [4.78, 5) is 27.8. The van der Waals surface area contributed by atoms with Crippen LogP contribution < -0.4 is 9.62 Å². The fourth-order valence-electron chi connectivity index (χ4n) is 3.66. The lowest BCUT2D eigenvalue weighted by atomic mass is 10.1. The van der Waals surface area contributed by atoms with Gasteiger partial charge in [-0.15, -0.1) is 0 Å². The van der Waals surface area contributed by atoms with Crippen LogP contribution in [0.2, 0.25) is 5.02 Å². The van der Waals surface area contributed by atoms with Crippen LogP contribution in [-0.2, 0) is 32.3 Å². The molecule has 1 N–H and O–H groups in total. The Morgan fingerprint density at radius 1 is 1.08 bits per heavy atom. The number of nitrogens with zero attached hydrogens (tertiary/aromatic N) is 2. The van der Waals surface area contributed by atoms with Gasteiger partial charge < -0.3 is 10.2 Å². The van der Waals surface area contributed by atoms with Crippen molar-refractivity contribution in [2.24, 2.45) is 0 Å². The number of carbonyl (C=O) groups excluding carboxylic acids is 2. The fourth-order valence-corrected chi connectivity index (χ4v) is 4.63. The van der Waals surface area contributed by atoms with Crippen molar-refractivity contribution in [3.63, 3.8) is 0 Å². The molecule has 2 aromatic rings. The zero-order chi connectivity index (χ0) is 27.8. The van der Waals surface area contributed by atoms with Crippen molar-refractivity contribution in [1.29, 1.82) is 0 Å². The third-order valence-electron chi connectivity index (χ3n) is 5.62. The Kier molecular flexibility index (Phi) is 10.8. The van der Waals surface area contributed by atoms with Gasteiger partial charge in [0.05, 0.1) is 17.5 Å². The Labute approximate surface area is 220 Å². The molecule has 2 aromatic carbocycles. The Morgan fingerprint density at radius 2 is 1.73 bits per heavy atom. The largest absolute Gasteiger partial charge is 0.416 e. The molecule has 0 fully saturated rings. The van der Waals surface area contributed by atoms with Crippen LogP contribution in [0.15, 0.2) is 48.5 Å². The van der Waals surface area contributed by atoms with Crippen LogP contribution in [0.5, 0.6) is 0 Å². The van der Waals surface area contributed by atoms with Crippen LogP contribution in [0, 0.1) is 0 Å². The van der Waals surface area contributed by atoms with Gasteiger partial charge in [-0.3, -0.25) is 13.9 Å². The van der Waals surface area contributed by atoms with Crippen molar-refractivity contribution in [2.75, 3.05) is 23.7 Å². The van der Waals surface area contributed by atoms with Crippen LogP contribution in [-0.4, -0.2) is 50.5 Å². The highest BCUT2D eigenvalue weighted by Gasteiger charge is 2.34. The van der Waals surface area contributed by atoms with Crippen LogP contribution in [0.25, 0.3) is 0 Å². The van der Waals surface area contributed by atoms with Crippen LogP contribution >= 0.6 is 11.6 Å². The molecule has 37 heavy (non-hydrogen) atoms. The molecule has 2 rings (SSSR count). The van der Waals surface area contributed by atoms with Gasteiger partial charge in [-0.1, -0.05) is 50.1 Å². The van der Waals surface area contributed by atoms with Gasteiger partial charge in [-0.25, -0.2) is 8.42 Å². The first kappa shape index (κ1) is 30.4. The highest BCUT2D eigenvalue weighted by molar-refractivity contribution is 7.92. The van der Waals surface area contributed by atoms with Crippen LogP contribution in [0.1, 0.15) is 44.2 Å². The average molecular weight is 562 g/mol. The van der Waals surface area contributed by atoms with E-state index >= 15 is 0 Å². The predicted octanol–water partition coefficient (Wildman–Crippen LogP) is 4.85. The standard InChI is InChI=1S/C25H31ClF3N3O4S/c1-4-6-14-30-24(34)22(5-2)31(16-18-10-12-20(26)13-11-18)23(33)17-32(37(3,35)36)21-9-7-8-19(15-21)25(27,28)29/h7-13,15,22H,4-6,14,16-17H2,1-3H3,(H,30,34). The molecule has 0 aliphatic rings. The minimum absolute atomic E-state index is 0.0318. The van der Waals surface area contributed by atoms with Crippen molar-refractivity contribution in [2.45, 2.75) is 51.9 Å². The van der Waals surface area contributed by atoms with E-state index in [1.54, 1.807) is 31.2 Å². The lowest BCUT2D eigenvalue weighted by Crippen LogP contribution is -2.52. The Morgan fingerprint density at radius 3 is 2.27 bits per heavy atom. The third kappa shape index (κ3) is 8.92. The minimum Gasteiger partial charge on any atom is -0.354 e. The van der Waals surface area contributed by atoms with E-state index in [1.165, 1.54) is 11.0 Å². The van der Waals surface area contributed by atoms with Crippen molar-refractivity contribution >= 4 is 39.1 Å². The van der Waals surface area contributed by atoms with Crippen molar-refractivity contribution in [3.8, 4) is 0 Å². The number of sulfonamides is 1. The SMILES string of the molecule is CCCCNC(=O)C(CC)N(Cc1ccc(Cl)cc1)C(=O)CN(c1cccc(C(F)(F)F)c1)S(C)(=O)=O. The van der Waals surface area contributed by atoms with Crippen molar-refractivity contribution in [3.05, 3.63) is 64.7 Å². The fraction of sp³-hybridized carbons (Fsp3) is 0.440. The lowest BCUT2D eigenvalue weighted by Gasteiger charge is -2.33. The molecule has 0 aromatic heterocycles. The first-order valence-electron chi connectivity index (χ1n) is 11.7. The molecule has 204 valence electrons. The van der Waals surface area contributed by atoms with Gasteiger partial charge >= 0.3 is 6.18 Å². The highest BCUT2D eigenvalue weighted by Crippen LogP contribution is 2.32. The maximum atomic E-state index is 13.6. The van der Waals surface area contributed by atoms with Crippen LogP contribution in [0.4, 0.5) is 18.9 Å². The summed E-state index contributed by atoms with van der Waals surface area (Å²) < 4.78 is 65.5. The van der Waals surface area contributed by atoms with Gasteiger partial charge in [0.1, 0.15) is 12.6 Å². The summed E-state index contributed by atoms with van der Waals surface area (Å²) in [6.45, 7) is 3.28. The van der Waals surface area contributed by atoms with Gasteiger partial charge in [-0.05, 0) is 48.7 Å². The summed E-state index contributed by atoms with van der Waals surface area (Å²) in [5, 5.41) is 3.26. The molecule has 0 aliphatic heterocycles. The third-order valence-corrected chi connectivity index (χ3v) is 7.01. The maximum absolute atomic E-state index is 13.6. The zero-order valence-electron chi connectivity index (χ0n) is 20.9. The van der Waals surface area contributed by atoms with Gasteiger partial charge in [-0.2, -0.15) is 13.2 Å². The van der Waals surface area contributed by atoms with E-state index in [1.807, 2.05) is 6.92 Å². The number of halogens is 4. The molecule has 1 atom stereocenters. The molecule has 0 bridgehead atoms. The quantitative estimate of drug-likeness (QED) is 0.375. The Balaban J connectivity index is 2.45. The van der Waals surface area contributed by atoms with E-state index in [0.29, 0.717) is 27.5 Å². The number of anilines is 1. The molecule has 0 heterocycles. The van der Waals surface area contributed by atoms with Gasteiger partial charge in [0.15, 0.2) is 0 Å². The van der Waals surface area contributed by atoms with E-state index in [0.717, 1.165) is 31.2 Å². The molecule has 0 spiro atoms. The number of benzene rings is 2. The van der Waals surface area contributed by atoms with E-state index < -0.39 is 46.2 Å². The number of amides is 2. The smallest absolute Gasteiger partial charge is 0.354 e. The summed E-state index contributed by atoms with van der Waals surface area (Å²) >= 11 is 5.96.